The van der Waals surface area contributed by atoms with E-state index < -0.39 is 51.8 Å². The fraction of sp³-hybridized carbons (Fsp3) is 0.600. The van der Waals surface area contributed by atoms with Gasteiger partial charge < -0.3 is 24.6 Å². The second-order valence-corrected chi connectivity index (χ2v) is 16.1. The van der Waals surface area contributed by atoms with Crippen LogP contribution in [0.2, 0.25) is 0 Å². The van der Waals surface area contributed by atoms with E-state index in [0.29, 0.717) is 19.3 Å². The molecule has 10 nitrogen and oxygen atoms in total. The van der Waals surface area contributed by atoms with Crippen molar-refractivity contribution >= 4 is 19.8 Å². The lowest BCUT2D eigenvalue weighted by molar-refractivity contribution is -0.161. The Morgan fingerprint density at radius 1 is 0.492 bits per heavy atom. The third-order valence-corrected chi connectivity index (χ3v) is 9.87. The number of hydrogen-bond acceptors (Lipinski definition) is 9. The van der Waals surface area contributed by atoms with Gasteiger partial charge in [0.25, 0.3) is 0 Å². The molecule has 11 heteroatoms. The molecule has 0 heterocycles. The maximum atomic E-state index is 12.6. The number of ether oxygens (including phenoxy) is 2. The number of phosphoric ester groups is 1. The van der Waals surface area contributed by atoms with Gasteiger partial charge in [-0.2, -0.15) is 0 Å². The van der Waals surface area contributed by atoms with Crippen molar-refractivity contribution < 1.29 is 47.8 Å². The summed E-state index contributed by atoms with van der Waals surface area (Å²) in [6.07, 6.45) is 56.3. The largest absolute Gasteiger partial charge is 0.472 e. The number of unbranched alkanes of at least 4 members (excludes halogenated alkanes) is 9. The number of phosphoric acid groups is 1. The molecule has 346 valence electrons. The van der Waals surface area contributed by atoms with Crippen molar-refractivity contribution in [2.45, 2.75) is 167 Å². The number of rotatable bonds is 41. The highest BCUT2D eigenvalue weighted by Gasteiger charge is 2.27. The van der Waals surface area contributed by atoms with E-state index in [4.69, 9.17) is 19.1 Å². The molecule has 0 spiro atoms. The fourth-order valence-corrected chi connectivity index (χ4v) is 6.28. The Morgan fingerprint density at radius 3 is 1.33 bits per heavy atom. The molecule has 0 fully saturated rings. The van der Waals surface area contributed by atoms with Gasteiger partial charge in [-0.25, -0.2) is 4.57 Å². The minimum atomic E-state index is -4.65. The molecular formula is C50H81O10P. The Hall–Kier alpha value is -3.37. The molecule has 3 unspecified atom stereocenters. The van der Waals surface area contributed by atoms with Gasteiger partial charge in [0.1, 0.15) is 12.7 Å². The minimum absolute atomic E-state index is 0.0972. The maximum absolute atomic E-state index is 12.6. The van der Waals surface area contributed by atoms with Gasteiger partial charge in [0.2, 0.25) is 0 Å². The van der Waals surface area contributed by atoms with E-state index in [0.717, 1.165) is 83.5 Å². The second-order valence-electron chi connectivity index (χ2n) is 14.7. The summed E-state index contributed by atoms with van der Waals surface area (Å²) in [7, 11) is -4.65. The first-order chi connectivity index (χ1) is 29.7. The zero-order valence-corrected chi connectivity index (χ0v) is 38.5. The smallest absolute Gasteiger partial charge is 0.462 e. The van der Waals surface area contributed by atoms with Crippen LogP contribution in [-0.2, 0) is 32.7 Å². The lowest BCUT2D eigenvalue weighted by atomic mass is 10.1. The van der Waals surface area contributed by atoms with Crippen molar-refractivity contribution in [2.75, 3.05) is 26.4 Å². The average molecular weight is 873 g/mol. The van der Waals surface area contributed by atoms with Crippen molar-refractivity contribution in [1.82, 2.24) is 0 Å². The quantitative estimate of drug-likeness (QED) is 0.0235. The van der Waals surface area contributed by atoms with Crippen LogP contribution < -0.4 is 0 Å². The molecule has 0 saturated carbocycles. The minimum Gasteiger partial charge on any atom is -0.462 e. The predicted molar refractivity (Wildman–Crippen MR) is 251 cm³/mol. The Morgan fingerprint density at radius 2 is 0.869 bits per heavy atom. The van der Waals surface area contributed by atoms with Crippen LogP contribution in [0.3, 0.4) is 0 Å². The van der Waals surface area contributed by atoms with Gasteiger partial charge in [0, 0.05) is 12.8 Å². The van der Waals surface area contributed by atoms with Crippen molar-refractivity contribution in [3.05, 3.63) is 109 Å². The molecule has 3 atom stereocenters. The lowest BCUT2D eigenvalue weighted by Crippen LogP contribution is -2.29. The van der Waals surface area contributed by atoms with E-state index in [-0.39, 0.29) is 19.4 Å². The molecule has 3 N–H and O–H groups in total. The Bertz CT molecular complexity index is 1370. The van der Waals surface area contributed by atoms with Gasteiger partial charge in [-0.15, -0.1) is 0 Å². The molecule has 0 aromatic rings. The van der Waals surface area contributed by atoms with E-state index >= 15 is 0 Å². The Labute approximate surface area is 369 Å². The average Bonchev–Trinajstić information content (AvgIpc) is 3.25. The van der Waals surface area contributed by atoms with Crippen LogP contribution in [0.4, 0.5) is 0 Å². The van der Waals surface area contributed by atoms with E-state index in [1.807, 2.05) is 12.2 Å². The van der Waals surface area contributed by atoms with Crippen molar-refractivity contribution in [2.24, 2.45) is 0 Å². The van der Waals surface area contributed by atoms with Crippen molar-refractivity contribution in [3.63, 3.8) is 0 Å². The van der Waals surface area contributed by atoms with E-state index in [1.165, 1.54) is 25.7 Å². The standard InChI is InChI=1S/C50H81O10P/c1-3-5-7-9-11-13-15-17-19-21-22-23-24-26-27-29-31-33-35-37-39-41-49(53)57-45-48(46-59-61(55,56)58-44-47(52)43-51)60-50(54)42-40-38-36-34-32-30-28-25-20-18-16-14-12-10-8-6-4-2/h5-8,11-14,17-20,22-23,28,30,34,36,47-48,51-52H,3-4,9-10,15-16,21,24-27,29,31-33,35,37-46H2,1-2H3,(H,55,56)/b7-5-,8-6-,13-11-,14-12-,19-17-,20-18-,23-22-,30-28-,36-34-. The summed E-state index contributed by atoms with van der Waals surface area (Å²) in [5, 5.41) is 18.4. The first-order valence-corrected chi connectivity index (χ1v) is 24.3. The topological polar surface area (TPSA) is 149 Å². The molecule has 0 rings (SSSR count). The molecule has 61 heavy (non-hydrogen) atoms. The highest BCUT2D eigenvalue weighted by molar-refractivity contribution is 7.47. The van der Waals surface area contributed by atoms with Gasteiger partial charge in [-0.05, 0) is 89.9 Å². The molecule has 0 aromatic carbocycles. The number of aliphatic hydroxyl groups is 2. The van der Waals surface area contributed by atoms with Gasteiger partial charge in [0.15, 0.2) is 6.10 Å². The summed E-state index contributed by atoms with van der Waals surface area (Å²) in [4.78, 5) is 35.0. The summed E-state index contributed by atoms with van der Waals surface area (Å²) in [6.45, 7) is 2.06. The van der Waals surface area contributed by atoms with Gasteiger partial charge >= 0.3 is 19.8 Å². The summed E-state index contributed by atoms with van der Waals surface area (Å²) in [5.74, 6) is -1.01. The highest BCUT2D eigenvalue weighted by Crippen LogP contribution is 2.43. The van der Waals surface area contributed by atoms with Crippen LogP contribution in [-0.4, -0.2) is 65.7 Å². The van der Waals surface area contributed by atoms with E-state index in [2.05, 4.69) is 116 Å². The highest BCUT2D eigenvalue weighted by atomic mass is 31.2. The van der Waals surface area contributed by atoms with Crippen LogP contribution in [0.5, 0.6) is 0 Å². The first-order valence-electron chi connectivity index (χ1n) is 22.8. The first kappa shape index (κ1) is 57.6. The predicted octanol–water partition coefficient (Wildman–Crippen LogP) is 12.6. The summed E-state index contributed by atoms with van der Waals surface area (Å²) in [5.41, 5.74) is 0. The molecule has 0 radical (unpaired) electrons. The fourth-order valence-electron chi connectivity index (χ4n) is 5.49. The Balaban J connectivity index is 4.37. The molecule has 0 aliphatic rings. The van der Waals surface area contributed by atoms with Gasteiger partial charge in [0.05, 0.1) is 19.8 Å². The number of allylic oxidation sites excluding steroid dienone is 18. The number of hydrogen-bond donors (Lipinski definition) is 3. The third-order valence-electron chi connectivity index (χ3n) is 8.92. The van der Waals surface area contributed by atoms with Crippen LogP contribution in [0, 0.1) is 0 Å². The number of carbonyl (C=O) groups is 2. The van der Waals surface area contributed by atoms with Gasteiger partial charge in [-0.1, -0.05) is 162 Å². The van der Waals surface area contributed by atoms with E-state index in [1.54, 1.807) is 0 Å². The molecule has 0 aromatic heterocycles. The van der Waals surface area contributed by atoms with Crippen LogP contribution in [0.25, 0.3) is 0 Å². The molecule has 0 aliphatic heterocycles. The molecular weight excluding hydrogens is 792 g/mol. The number of esters is 2. The van der Waals surface area contributed by atoms with Crippen LogP contribution >= 0.6 is 7.82 Å². The number of carbonyl (C=O) groups excluding carboxylic acids is 2. The summed E-state index contributed by atoms with van der Waals surface area (Å²) < 4.78 is 32.7. The SMILES string of the molecule is CC/C=C\C/C=C\C/C=C\C/C=C\C/C=C\CCCC(=O)OC(COC(=O)CCCCCCCCCC/C=C\C/C=C\C/C=C\C/C=C\CC)COP(=O)(O)OCC(O)CO. The number of aliphatic hydroxyl groups excluding tert-OH is 2. The van der Waals surface area contributed by atoms with Crippen molar-refractivity contribution in [1.29, 1.82) is 0 Å². The summed E-state index contributed by atoms with van der Waals surface area (Å²) in [6, 6.07) is 0. The monoisotopic (exact) mass is 873 g/mol. The zero-order chi connectivity index (χ0) is 44.8. The molecule has 0 amide bonds. The van der Waals surface area contributed by atoms with Crippen LogP contribution in [0.15, 0.2) is 109 Å². The maximum Gasteiger partial charge on any atom is 0.472 e. The Kier molecular flexibility index (Phi) is 42.2. The third kappa shape index (κ3) is 44.5. The molecule has 0 saturated heterocycles. The molecule has 0 bridgehead atoms. The zero-order valence-electron chi connectivity index (χ0n) is 37.6. The molecule has 0 aliphatic carbocycles. The van der Waals surface area contributed by atoms with Crippen LogP contribution in [0.1, 0.15) is 155 Å². The normalized spacial score (nSPS) is 14.8. The van der Waals surface area contributed by atoms with E-state index in [9.17, 15) is 24.2 Å². The lowest BCUT2D eigenvalue weighted by Gasteiger charge is -2.20. The second kappa shape index (κ2) is 44.7. The summed E-state index contributed by atoms with van der Waals surface area (Å²) >= 11 is 0. The van der Waals surface area contributed by atoms with Gasteiger partial charge in [-0.3, -0.25) is 18.6 Å². The van der Waals surface area contributed by atoms with Crippen molar-refractivity contribution in [3.8, 4) is 0 Å².